The van der Waals surface area contributed by atoms with Crippen LogP contribution < -0.4 is 10.9 Å². The van der Waals surface area contributed by atoms with Crippen molar-refractivity contribution in [2.45, 2.75) is 13.0 Å². The number of nitrogens with one attached hydrogen (secondary N) is 2. The Balaban J connectivity index is 1.63. The largest absolute Gasteiger partial charge is 0.349 e. The summed E-state index contributed by atoms with van der Waals surface area (Å²) >= 11 is 0. The average Bonchev–Trinajstić information content (AvgIpc) is 3.17. The predicted octanol–water partition coefficient (Wildman–Crippen LogP) is 2.68. The Hall–Kier alpha value is -3.48. The summed E-state index contributed by atoms with van der Waals surface area (Å²) in [5, 5.41) is 7.97. The fourth-order valence-corrected chi connectivity index (χ4v) is 2.72. The number of aromatic nitrogens is 5. The van der Waals surface area contributed by atoms with Crippen LogP contribution in [-0.2, 0) is 0 Å². The molecule has 0 aliphatic carbocycles. The van der Waals surface area contributed by atoms with E-state index in [2.05, 4.69) is 25.4 Å². The number of rotatable bonds is 4. The van der Waals surface area contributed by atoms with Gasteiger partial charge in [-0.25, -0.2) is 14.6 Å². The van der Waals surface area contributed by atoms with Gasteiger partial charge in [-0.15, -0.1) is 0 Å². The molecule has 2 heterocycles. The highest BCUT2D eigenvalue weighted by atomic mass is 16.1. The first kappa shape index (κ1) is 15.1. The molecule has 4 aromatic rings. The quantitative estimate of drug-likeness (QED) is 0.600. The summed E-state index contributed by atoms with van der Waals surface area (Å²) in [5.74, 6) is 0.447. The maximum Gasteiger partial charge on any atom is 0.260 e. The van der Waals surface area contributed by atoms with Gasteiger partial charge in [0.2, 0.25) is 5.95 Å². The zero-order chi connectivity index (χ0) is 17.2. The predicted molar refractivity (Wildman–Crippen MR) is 95.8 cm³/mol. The molecule has 4 rings (SSSR count). The highest BCUT2D eigenvalue weighted by Gasteiger charge is 2.10. The number of hydrogen-bond donors (Lipinski definition) is 2. The molecule has 0 spiro atoms. The Morgan fingerprint density at radius 3 is 2.88 bits per heavy atom. The molecule has 2 aromatic carbocycles. The standard InChI is InChI=1S/C18H16N6O/c1-12(13-5-4-6-14(9-13)24-11-19-10-20-24)21-18-22-16-8-3-2-7-15(16)17(25)23-18/h2-12H,1H3,(H2,21,22,23,25)/t12-/m1/s1. The van der Waals surface area contributed by atoms with Crippen molar-refractivity contribution >= 4 is 16.9 Å². The Morgan fingerprint density at radius 2 is 2.04 bits per heavy atom. The van der Waals surface area contributed by atoms with Gasteiger partial charge in [0.15, 0.2) is 0 Å². The van der Waals surface area contributed by atoms with Crippen LogP contribution in [0.25, 0.3) is 16.6 Å². The summed E-state index contributed by atoms with van der Waals surface area (Å²) in [6.45, 7) is 2.01. The number of aromatic amines is 1. The first-order valence-electron chi connectivity index (χ1n) is 7.91. The normalized spacial score (nSPS) is 12.2. The number of para-hydroxylation sites is 1. The van der Waals surface area contributed by atoms with Gasteiger partial charge in [-0.05, 0) is 36.8 Å². The second-order valence-corrected chi connectivity index (χ2v) is 5.73. The summed E-state index contributed by atoms with van der Waals surface area (Å²) < 4.78 is 1.70. The number of fused-ring (bicyclic) bond motifs is 1. The SMILES string of the molecule is C[C@@H](Nc1nc2ccccc2c(=O)[nH]1)c1cccc(-n2cncn2)c1. The molecule has 0 saturated heterocycles. The van der Waals surface area contributed by atoms with E-state index in [0.29, 0.717) is 16.9 Å². The lowest BCUT2D eigenvalue weighted by Crippen LogP contribution is -2.15. The van der Waals surface area contributed by atoms with Crippen LogP contribution in [0.1, 0.15) is 18.5 Å². The summed E-state index contributed by atoms with van der Waals surface area (Å²) in [7, 11) is 0. The lowest BCUT2D eigenvalue weighted by molar-refractivity contribution is 0.842. The van der Waals surface area contributed by atoms with Crippen molar-refractivity contribution in [3.05, 3.63) is 77.1 Å². The van der Waals surface area contributed by atoms with Crippen LogP contribution in [0.15, 0.2) is 66.0 Å². The molecule has 0 bridgehead atoms. The zero-order valence-corrected chi connectivity index (χ0v) is 13.5. The van der Waals surface area contributed by atoms with Crippen molar-refractivity contribution in [1.82, 2.24) is 24.7 Å². The second-order valence-electron chi connectivity index (χ2n) is 5.73. The van der Waals surface area contributed by atoms with Gasteiger partial charge in [-0.2, -0.15) is 5.10 Å². The maximum absolute atomic E-state index is 12.2. The molecule has 0 fully saturated rings. The van der Waals surface area contributed by atoms with E-state index in [0.717, 1.165) is 11.3 Å². The van der Waals surface area contributed by atoms with E-state index in [1.54, 1.807) is 17.1 Å². The molecular weight excluding hydrogens is 316 g/mol. The Bertz CT molecular complexity index is 1070. The minimum Gasteiger partial charge on any atom is -0.349 e. The summed E-state index contributed by atoms with van der Waals surface area (Å²) in [4.78, 5) is 23.4. The van der Waals surface area contributed by atoms with E-state index in [1.165, 1.54) is 6.33 Å². The lowest BCUT2D eigenvalue weighted by atomic mass is 10.1. The van der Waals surface area contributed by atoms with Crippen molar-refractivity contribution in [1.29, 1.82) is 0 Å². The molecule has 0 radical (unpaired) electrons. The molecule has 2 N–H and O–H groups in total. The van der Waals surface area contributed by atoms with Gasteiger partial charge in [-0.3, -0.25) is 9.78 Å². The molecule has 0 saturated carbocycles. The van der Waals surface area contributed by atoms with E-state index in [-0.39, 0.29) is 11.6 Å². The minimum atomic E-state index is -0.156. The van der Waals surface area contributed by atoms with Crippen LogP contribution in [0.5, 0.6) is 0 Å². The maximum atomic E-state index is 12.2. The Labute approximate surface area is 143 Å². The van der Waals surface area contributed by atoms with Crippen molar-refractivity contribution in [3.8, 4) is 5.69 Å². The molecule has 124 valence electrons. The molecule has 25 heavy (non-hydrogen) atoms. The van der Waals surface area contributed by atoms with Crippen molar-refractivity contribution in [2.24, 2.45) is 0 Å². The summed E-state index contributed by atoms with van der Waals surface area (Å²) in [6.07, 6.45) is 3.15. The molecule has 2 aromatic heterocycles. The van der Waals surface area contributed by atoms with E-state index in [4.69, 9.17) is 0 Å². The lowest BCUT2D eigenvalue weighted by Gasteiger charge is -2.16. The highest BCUT2D eigenvalue weighted by molar-refractivity contribution is 5.78. The molecular formula is C18H16N6O. The van der Waals surface area contributed by atoms with Crippen molar-refractivity contribution in [3.63, 3.8) is 0 Å². The van der Waals surface area contributed by atoms with Gasteiger partial charge >= 0.3 is 0 Å². The van der Waals surface area contributed by atoms with E-state index < -0.39 is 0 Å². The van der Waals surface area contributed by atoms with Gasteiger partial charge in [-0.1, -0.05) is 24.3 Å². The molecule has 0 unspecified atom stereocenters. The number of H-pyrrole nitrogens is 1. The number of nitrogens with zero attached hydrogens (tertiary/aromatic N) is 4. The molecule has 1 atom stereocenters. The molecule has 7 heteroatoms. The summed E-state index contributed by atoms with van der Waals surface area (Å²) in [6, 6.07) is 15.2. The van der Waals surface area contributed by atoms with Crippen LogP contribution in [0.2, 0.25) is 0 Å². The molecule has 0 aliphatic rings. The van der Waals surface area contributed by atoms with Crippen molar-refractivity contribution in [2.75, 3.05) is 5.32 Å². The third-order valence-corrected chi connectivity index (χ3v) is 4.02. The van der Waals surface area contributed by atoms with E-state index in [1.807, 2.05) is 49.4 Å². The highest BCUT2D eigenvalue weighted by Crippen LogP contribution is 2.20. The van der Waals surface area contributed by atoms with Crippen LogP contribution in [-0.4, -0.2) is 24.7 Å². The smallest absolute Gasteiger partial charge is 0.260 e. The van der Waals surface area contributed by atoms with Gasteiger partial charge in [0.05, 0.1) is 22.6 Å². The average molecular weight is 332 g/mol. The second kappa shape index (κ2) is 6.20. The molecule has 7 nitrogen and oxygen atoms in total. The van der Waals surface area contributed by atoms with Gasteiger partial charge in [0, 0.05) is 0 Å². The first-order valence-corrected chi connectivity index (χ1v) is 7.91. The van der Waals surface area contributed by atoms with E-state index in [9.17, 15) is 4.79 Å². The van der Waals surface area contributed by atoms with Crippen LogP contribution in [0.3, 0.4) is 0 Å². The Morgan fingerprint density at radius 1 is 1.16 bits per heavy atom. The topological polar surface area (TPSA) is 88.5 Å². The first-order chi connectivity index (χ1) is 12.2. The fraction of sp³-hybridized carbons (Fsp3) is 0.111. The van der Waals surface area contributed by atoms with Crippen molar-refractivity contribution < 1.29 is 0 Å². The number of anilines is 1. The van der Waals surface area contributed by atoms with Crippen LogP contribution >= 0.6 is 0 Å². The van der Waals surface area contributed by atoms with Gasteiger partial charge in [0.25, 0.3) is 5.56 Å². The third kappa shape index (κ3) is 2.99. The zero-order valence-electron chi connectivity index (χ0n) is 13.5. The molecule has 0 amide bonds. The number of hydrogen-bond acceptors (Lipinski definition) is 5. The van der Waals surface area contributed by atoms with Crippen LogP contribution in [0, 0.1) is 0 Å². The molecule has 0 aliphatic heterocycles. The fourth-order valence-electron chi connectivity index (χ4n) is 2.72. The number of benzene rings is 2. The van der Waals surface area contributed by atoms with Crippen LogP contribution in [0.4, 0.5) is 5.95 Å². The monoisotopic (exact) mass is 332 g/mol. The van der Waals surface area contributed by atoms with Gasteiger partial charge < -0.3 is 5.32 Å². The van der Waals surface area contributed by atoms with Gasteiger partial charge in [0.1, 0.15) is 12.7 Å². The Kier molecular flexibility index (Phi) is 3.74. The summed E-state index contributed by atoms with van der Waals surface area (Å²) in [5.41, 5.74) is 2.47. The minimum absolute atomic E-state index is 0.0483. The third-order valence-electron chi connectivity index (χ3n) is 4.02. The van der Waals surface area contributed by atoms with E-state index >= 15 is 0 Å².